The van der Waals surface area contributed by atoms with Gasteiger partial charge in [0.1, 0.15) is 5.82 Å². The Hall–Kier alpha value is -2.36. The number of amides is 1. The molecule has 1 amide bonds. The van der Waals surface area contributed by atoms with E-state index in [2.05, 4.69) is 5.32 Å². The highest BCUT2D eigenvalue weighted by Gasteiger charge is 2.32. The molecule has 0 spiro atoms. The predicted octanol–water partition coefficient (Wildman–Crippen LogP) is 3.39. The van der Waals surface area contributed by atoms with Crippen LogP contribution in [-0.4, -0.2) is 19.0 Å². The number of hydrogen-bond acceptors (Lipinski definition) is 2. The van der Waals surface area contributed by atoms with Gasteiger partial charge in [0.25, 0.3) is 0 Å². The third kappa shape index (κ3) is 2.37. The maximum atomic E-state index is 14.0. The van der Waals surface area contributed by atoms with Crippen LogP contribution < -0.4 is 10.2 Å². The summed E-state index contributed by atoms with van der Waals surface area (Å²) in [6.07, 6.45) is 0. The lowest BCUT2D eigenvalue weighted by molar-refractivity contribution is -0.119. The number of para-hydroxylation sites is 2. The molecule has 0 aliphatic carbocycles. The van der Waals surface area contributed by atoms with Crippen LogP contribution in [0.4, 0.5) is 15.8 Å². The van der Waals surface area contributed by atoms with Gasteiger partial charge in [-0.1, -0.05) is 30.3 Å². The number of anilines is 2. The summed E-state index contributed by atoms with van der Waals surface area (Å²) in [5.74, 6) is -0.701. The van der Waals surface area contributed by atoms with Crippen molar-refractivity contribution in [3.05, 3.63) is 59.9 Å². The Labute approximate surface area is 123 Å². The SMILES string of the molecule is CCN(C(=O)C1CNc2ccccc21)c1ccccc1F. The molecular formula is C17H17FN2O. The van der Waals surface area contributed by atoms with E-state index in [4.69, 9.17) is 0 Å². The van der Waals surface area contributed by atoms with Crippen LogP contribution in [0.1, 0.15) is 18.4 Å². The summed E-state index contributed by atoms with van der Waals surface area (Å²) >= 11 is 0. The van der Waals surface area contributed by atoms with Crippen LogP contribution in [0.15, 0.2) is 48.5 Å². The van der Waals surface area contributed by atoms with Gasteiger partial charge in [0.15, 0.2) is 0 Å². The van der Waals surface area contributed by atoms with Gasteiger partial charge in [0.2, 0.25) is 5.91 Å². The highest BCUT2D eigenvalue weighted by molar-refractivity contribution is 6.00. The van der Waals surface area contributed by atoms with Crippen molar-refractivity contribution >= 4 is 17.3 Å². The van der Waals surface area contributed by atoms with Crippen LogP contribution in [0.5, 0.6) is 0 Å². The second kappa shape index (κ2) is 5.56. The average Bonchev–Trinajstić information content (AvgIpc) is 2.93. The van der Waals surface area contributed by atoms with Crippen molar-refractivity contribution in [1.29, 1.82) is 0 Å². The summed E-state index contributed by atoms with van der Waals surface area (Å²) in [6, 6.07) is 14.2. The number of likely N-dealkylation sites (N-methyl/N-ethyl adjacent to an activating group) is 1. The second-order valence-corrected chi connectivity index (χ2v) is 5.05. The minimum atomic E-state index is -0.369. The zero-order chi connectivity index (χ0) is 14.8. The summed E-state index contributed by atoms with van der Waals surface area (Å²) in [6.45, 7) is 2.86. The van der Waals surface area contributed by atoms with Crippen molar-refractivity contribution in [1.82, 2.24) is 0 Å². The molecule has 0 radical (unpaired) electrons. The van der Waals surface area contributed by atoms with Crippen molar-refractivity contribution < 1.29 is 9.18 Å². The van der Waals surface area contributed by atoms with Crippen molar-refractivity contribution in [2.75, 3.05) is 23.3 Å². The van der Waals surface area contributed by atoms with Crippen LogP contribution >= 0.6 is 0 Å². The van der Waals surface area contributed by atoms with E-state index in [1.807, 2.05) is 31.2 Å². The summed E-state index contributed by atoms with van der Waals surface area (Å²) < 4.78 is 14.0. The topological polar surface area (TPSA) is 32.3 Å². The van der Waals surface area contributed by atoms with Gasteiger partial charge in [-0.15, -0.1) is 0 Å². The van der Waals surface area contributed by atoms with Crippen LogP contribution in [0.2, 0.25) is 0 Å². The van der Waals surface area contributed by atoms with Crippen LogP contribution in [0, 0.1) is 5.82 Å². The summed E-state index contributed by atoms with van der Waals surface area (Å²) in [4.78, 5) is 14.3. The molecule has 3 nitrogen and oxygen atoms in total. The molecule has 2 aromatic carbocycles. The predicted molar refractivity (Wildman–Crippen MR) is 82.1 cm³/mol. The Morgan fingerprint density at radius 1 is 1.24 bits per heavy atom. The maximum Gasteiger partial charge on any atom is 0.236 e. The van der Waals surface area contributed by atoms with E-state index in [0.717, 1.165) is 11.3 Å². The molecule has 0 aromatic heterocycles. The number of carbonyl (C=O) groups excluding carboxylic acids is 1. The lowest BCUT2D eigenvalue weighted by Crippen LogP contribution is -2.36. The number of hydrogen-bond donors (Lipinski definition) is 1. The molecule has 4 heteroatoms. The van der Waals surface area contributed by atoms with Crippen molar-refractivity contribution in [3.8, 4) is 0 Å². The standard InChI is InChI=1S/C17H17FN2O/c1-2-20(16-10-6-4-8-14(16)18)17(21)13-11-19-15-9-5-3-7-12(13)15/h3-10,13,19H,2,11H2,1H3. The molecular weight excluding hydrogens is 267 g/mol. The van der Waals surface area contributed by atoms with Gasteiger partial charge < -0.3 is 10.2 Å². The summed E-state index contributed by atoms with van der Waals surface area (Å²) in [5.41, 5.74) is 2.31. The van der Waals surface area contributed by atoms with Gasteiger partial charge in [-0.2, -0.15) is 0 Å². The fourth-order valence-electron chi connectivity index (χ4n) is 2.81. The Balaban J connectivity index is 1.93. The molecule has 21 heavy (non-hydrogen) atoms. The minimum absolute atomic E-state index is 0.0694. The summed E-state index contributed by atoms with van der Waals surface area (Å²) in [5, 5.41) is 3.23. The van der Waals surface area contributed by atoms with Gasteiger partial charge in [-0.3, -0.25) is 4.79 Å². The quantitative estimate of drug-likeness (QED) is 0.937. The number of rotatable bonds is 3. The van der Waals surface area contributed by atoms with Crippen molar-refractivity contribution in [3.63, 3.8) is 0 Å². The van der Waals surface area contributed by atoms with E-state index in [1.165, 1.54) is 11.0 Å². The highest BCUT2D eigenvalue weighted by Crippen LogP contribution is 2.33. The number of fused-ring (bicyclic) bond motifs is 1. The molecule has 0 fully saturated rings. The van der Waals surface area contributed by atoms with Crippen molar-refractivity contribution in [2.45, 2.75) is 12.8 Å². The Bertz CT molecular complexity index is 671. The van der Waals surface area contributed by atoms with Gasteiger partial charge in [-0.25, -0.2) is 4.39 Å². The lowest BCUT2D eigenvalue weighted by Gasteiger charge is -2.24. The van der Waals surface area contributed by atoms with Gasteiger partial charge in [0.05, 0.1) is 11.6 Å². The number of nitrogens with one attached hydrogen (secondary N) is 1. The van der Waals surface area contributed by atoms with Crippen LogP contribution in [-0.2, 0) is 4.79 Å². The molecule has 108 valence electrons. The first-order valence-electron chi connectivity index (χ1n) is 7.11. The molecule has 2 aromatic rings. The molecule has 1 aliphatic rings. The van der Waals surface area contributed by atoms with Gasteiger partial charge in [0, 0.05) is 18.8 Å². The zero-order valence-electron chi connectivity index (χ0n) is 11.8. The highest BCUT2D eigenvalue weighted by atomic mass is 19.1. The van der Waals surface area contributed by atoms with E-state index < -0.39 is 0 Å². The number of nitrogens with zero attached hydrogens (tertiary/aromatic N) is 1. The summed E-state index contributed by atoms with van der Waals surface area (Å²) in [7, 11) is 0. The second-order valence-electron chi connectivity index (χ2n) is 5.05. The first-order chi connectivity index (χ1) is 10.2. The minimum Gasteiger partial charge on any atom is -0.384 e. The van der Waals surface area contributed by atoms with Crippen LogP contribution in [0.25, 0.3) is 0 Å². The molecule has 1 N–H and O–H groups in total. The normalized spacial score (nSPS) is 16.2. The maximum absolute atomic E-state index is 14.0. The van der Waals surface area contributed by atoms with E-state index in [0.29, 0.717) is 18.8 Å². The smallest absolute Gasteiger partial charge is 0.236 e. The fraction of sp³-hybridized carbons (Fsp3) is 0.235. The number of carbonyl (C=O) groups is 1. The monoisotopic (exact) mass is 284 g/mol. The average molecular weight is 284 g/mol. The zero-order valence-corrected chi connectivity index (χ0v) is 11.8. The number of halogens is 1. The van der Waals surface area contributed by atoms with E-state index in [1.54, 1.807) is 18.2 Å². The van der Waals surface area contributed by atoms with E-state index in [9.17, 15) is 9.18 Å². The van der Waals surface area contributed by atoms with Gasteiger partial charge in [-0.05, 0) is 30.7 Å². The molecule has 1 atom stereocenters. The van der Waals surface area contributed by atoms with E-state index in [-0.39, 0.29) is 17.6 Å². The van der Waals surface area contributed by atoms with E-state index >= 15 is 0 Å². The fourth-order valence-corrected chi connectivity index (χ4v) is 2.81. The molecule has 0 saturated heterocycles. The molecule has 0 saturated carbocycles. The number of benzene rings is 2. The molecule has 0 bridgehead atoms. The largest absolute Gasteiger partial charge is 0.384 e. The van der Waals surface area contributed by atoms with Crippen molar-refractivity contribution in [2.24, 2.45) is 0 Å². The first-order valence-corrected chi connectivity index (χ1v) is 7.11. The Morgan fingerprint density at radius 2 is 1.95 bits per heavy atom. The molecule has 1 heterocycles. The first kappa shape index (κ1) is 13.6. The van der Waals surface area contributed by atoms with Crippen LogP contribution in [0.3, 0.4) is 0 Å². The third-order valence-electron chi connectivity index (χ3n) is 3.86. The molecule has 1 unspecified atom stereocenters. The molecule has 1 aliphatic heterocycles. The molecule has 3 rings (SSSR count). The third-order valence-corrected chi connectivity index (χ3v) is 3.86. The Kier molecular flexibility index (Phi) is 3.60. The lowest BCUT2D eigenvalue weighted by atomic mass is 9.99. The van der Waals surface area contributed by atoms with Gasteiger partial charge >= 0.3 is 0 Å². The Morgan fingerprint density at radius 3 is 2.71 bits per heavy atom.